The van der Waals surface area contributed by atoms with Crippen molar-refractivity contribution in [1.82, 2.24) is 14.6 Å². The molecule has 134 valence electrons. The van der Waals surface area contributed by atoms with Gasteiger partial charge in [0.15, 0.2) is 11.8 Å². The first-order valence-electron chi connectivity index (χ1n) is 7.94. The van der Waals surface area contributed by atoms with Gasteiger partial charge in [-0.1, -0.05) is 17.7 Å². The Kier molecular flexibility index (Phi) is 4.90. The first-order valence-corrected chi connectivity index (χ1v) is 8.32. The predicted octanol–water partition coefficient (Wildman–Crippen LogP) is 3.18. The summed E-state index contributed by atoms with van der Waals surface area (Å²) in [7, 11) is 0. The normalized spacial score (nSPS) is 12.0. The third-order valence-electron chi connectivity index (χ3n) is 3.92. The van der Waals surface area contributed by atoms with E-state index in [2.05, 4.69) is 15.5 Å². The molecule has 26 heavy (non-hydrogen) atoms. The van der Waals surface area contributed by atoms with Gasteiger partial charge in [0.25, 0.3) is 5.91 Å². The van der Waals surface area contributed by atoms with Gasteiger partial charge in [0.2, 0.25) is 0 Å². The van der Waals surface area contributed by atoms with Crippen molar-refractivity contribution in [3.8, 4) is 0 Å². The van der Waals surface area contributed by atoms with Crippen LogP contribution in [0.4, 0.5) is 5.69 Å². The largest absolute Gasteiger partial charge is 0.449 e. The highest BCUT2D eigenvalue weighted by atomic mass is 35.5. The average molecular weight is 373 g/mol. The van der Waals surface area contributed by atoms with Crippen LogP contribution in [0.2, 0.25) is 5.02 Å². The number of ether oxygens (including phenoxy) is 1. The van der Waals surface area contributed by atoms with Gasteiger partial charge in [-0.2, -0.15) is 0 Å². The quantitative estimate of drug-likeness (QED) is 0.711. The van der Waals surface area contributed by atoms with Crippen LogP contribution in [0, 0.1) is 13.8 Å². The number of pyridine rings is 1. The molecular weight excluding hydrogens is 356 g/mol. The van der Waals surface area contributed by atoms with Gasteiger partial charge in [-0.25, -0.2) is 4.79 Å². The minimum absolute atomic E-state index is 0.305. The van der Waals surface area contributed by atoms with Gasteiger partial charge >= 0.3 is 5.97 Å². The van der Waals surface area contributed by atoms with E-state index in [4.69, 9.17) is 16.3 Å². The molecular formula is C18H17ClN4O3. The number of anilines is 1. The van der Waals surface area contributed by atoms with Crippen molar-refractivity contribution in [2.45, 2.75) is 26.9 Å². The van der Waals surface area contributed by atoms with Gasteiger partial charge in [-0.05, 0) is 50.6 Å². The lowest BCUT2D eigenvalue weighted by Gasteiger charge is -2.15. The number of halogens is 1. The summed E-state index contributed by atoms with van der Waals surface area (Å²) in [4.78, 5) is 24.6. The number of aryl methyl sites for hydroxylation is 2. The van der Waals surface area contributed by atoms with Crippen LogP contribution in [0.1, 0.15) is 28.7 Å². The maximum atomic E-state index is 12.3. The van der Waals surface area contributed by atoms with E-state index in [1.807, 2.05) is 6.92 Å². The molecule has 0 saturated carbocycles. The van der Waals surface area contributed by atoms with Crippen LogP contribution in [0.25, 0.3) is 5.65 Å². The molecule has 1 aromatic carbocycles. The lowest BCUT2D eigenvalue weighted by atomic mass is 10.2. The number of nitrogens with one attached hydrogen (secondary N) is 1. The van der Waals surface area contributed by atoms with Crippen molar-refractivity contribution in [1.29, 1.82) is 0 Å². The zero-order valence-electron chi connectivity index (χ0n) is 14.5. The van der Waals surface area contributed by atoms with Crippen LogP contribution in [-0.2, 0) is 9.53 Å². The van der Waals surface area contributed by atoms with Crippen LogP contribution in [0.3, 0.4) is 0 Å². The number of hydrogen-bond donors (Lipinski definition) is 1. The molecule has 0 bridgehead atoms. The molecule has 2 aromatic heterocycles. The zero-order valence-corrected chi connectivity index (χ0v) is 15.2. The van der Waals surface area contributed by atoms with Crippen molar-refractivity contribution >= 4 is 34.8 Å². The number of carbonyl (C=O) groups is 2. The fraction of sp³-hybridized carbons (Fsp3) is 0.222. The molecule has 1 amide bonds. The maximum absolute atomic E-state index is 12.3. The Bertz CT molecular complexity index is 999. The first kappa shape index (κ1) is 17.9. The molecule has 0 fully saturated rings. The van der Waals surface area contributed by atoms with Gasteiger partial charge in [0.05, 0.1) is 5.56 Å². The molecule has 3 aromatic rings. The van der Waals surface area contributed by atoms with Gasteiger partial charge in [-0.15, -0.1) is 10.2 Å². The van der Waals surface area contributed by atoms with E-state index in [9.17, 15) is 9.59 Å². The summed E-state index contributed by atoms with van der Waals surface area (Å²) < 4.78 is 6.95. The number of esters is 1. The Balaban J connectivity index is 1.70. The number of hydrogen-bond acceptors (Lipinski definition) is 5. The molecule has 0 radical (unpaired) electrons. The van der Waals surface area contributed by atoms with Crippen LogP contribution >= 0.6 is 11.6 Å². The van der Waals surface area contributed by atoms with Crippen LogP contribution in [0.5, 0.6) is 0 Å². The summed E-state index contributed by atoms with van der Waals surface area (Å²) in [5, 5.41) is 11.1. The monoisotopic (exact) mass is 372 g/mol. The molecule has 0 spiro atoms. The fourth-order valence-corrected chi connectivity index (χ4v) is 2.54. The Morgan fingerprint density at radius 3 is 2.73 bits per heavy atom. The molecule has 8 heteroatoms. The van der Waals surface area contributed by atoms with E-state index in [1.54, 1.807) is 47.9 Å². The number of benzene rings is 1. The standard InChI is InChI=1S/C18H17ClN4O3/c1-10-4-6-14(19)8-15(10)20-17(24)11(2)26-18(25)13-5-7-16-22-21-12(3)23(16)9-13/h4-9,11H,1-3H3,(H,20,24). The Morgan fingerprint density at radius 1 is 1.19 bits per heavy atom. The van der Waals surface area contributed by atoms with Crippen molar-refractivity contribution in [2.75, 3.05) is 5.32 Å². The molecule has 7 nitrogen and oxygen atoms in total. The summed E-state index contributed by atoms with van der Waals surface area (Å²) >= 11 is 5.95. The highest BCUT2D eigenvalue weighted by Gasteiger charge is 2.20. The summed E-state index contributed by atoms with van der Waals surface area (Å²) in [6.07, 6.45) is 0.609. The van der Waals surface area contributed by atoms with Gasteiger partial charge in [0.1, 0.15) is 5.82 Å². The second-order valence-electron chi connectivity index (χ2n) is 5.89. The number of amides is 1. The second-order valence-corrected chi connectivity index (χ2v) is 6.33. The van der Waals surface area contributed by atoms with Gasteiger partial charge < -0.3 is 10.1 Å². The number of fused-ring (bicyclic) bond motifs is 1. The third-order valence-corrected chi connectivity index (χ3v) is 4.15. The van der Waals surface area contributed by atoms with Crippen molar-refractivity contribution in [2.24, 2.45) is 0 Å². The Hall–Kier alpha value is -2.93. The SMILES string of the molecule is Cc1ccc(Cl)cc1NC(=O)C(C)OC(=O)c1ccc2nnc(C)n2c1. The highest BCUT2D eigenvalue weighted by molar-refractivity contribution is 6.31. The molecule has 1 atom stereocenters. The maximum Gasteiger partial charge on any atom is 0.340 e. The third kappa shape index (κ3) is 3.67. The minimum Gasteiger partial charge on any atom is -0.449 e. The first-order chi connectivity index (χ1) is 12.3. The van der Waals surface area contributed by atoms with Crippen LogP contribution in [-0.4, -0.2) is 32.6 Å². The van der Waals surface area contributed by atoms with E-state index in [0.29, 0.717) is 27.7 Å². The molecule has 0 aliphatic heterocycles. The number of carbonyl (C=O) groups excluding carboxylic acids is 2. The minimum atomic E-state index is -0.974. The molecule has 2 heterocycles. The van der Waals surface area contributed by atoms with Crippen LogP contribution < -0.4 is 5.32 Å². The summed E-state index contributed by atoms with van der Waals surface area (Å²) in [6, 6.07) is 8.42. The van der Waals surface area contributed by atoms with Gasteiger partial charge in [-0.3, -0.25) is 9.20 Å². The van der Waals surface area contributed by atoms with E-state index in [-0.39, 0.29) is 0 Å². The number of rotatable bonds is 4. The molecule has 3 rings (SSSR count). The molecule has 0 aliphatic carbocycles. The lowest BCUT2D eigenvalue weighted by Crippen LogP contribution is -2.30. The molecule has 0 aliphatic rings. The van der Waals surface area contributed by atoms with Gasteiger partial charge in [0, 0.05) is 16.9 Å². The second kappa shape index (κ2) is 7.13. The fourth-order valence-electron chi connectivity index (χ4n) is 2.37. The van der Waals surface area contributed by atoms with E-state index in [1.165, 1.54) is 6.92 Å². The predicted molar refractivity (Wildman–Crippen MR) is 97.4 cm³/mol. The number of aromatic nitrogens is 3. The topological polar surface area (TPSA) is 85.6 Å². The zero-order chi connectivity index (χ0) is 18.8. The van der Waals surface area contributed by atoms with Crippen LogP contribution in [0.15, 0.2) is 36.5 Å². The lowest BCUT2D eigenvalue weighted by molar-refractivity contribution is -0.123. The molecule has 1 unspecified atom stereocenters. The summed E-state index contributed by atoms with van der Waals surface area (Å²) in [5.41, 5.74) is 2.36. The smallest absolute Gasteiger partial charge is 0.340 e. The highest BCUT2D eigenvalue weighted by Crippen LogP contribution is 2.20. The Labute approximate surface area is 154 Å². The van der Waals surface area contributed by atoms with Crippen molar-refractivity contribution in [3.63, 3.8) is 0 Å². The Morgan fingerprint density at radius 2 is 1.96 bits per heavy atom. The molecule has 0 saturated heterocycles. The summed E-state index contributed by atoms with van der Waals surface area (Å²) in [6.45, 7) is 5.13. The molecule has 1 N–H and O–H groups in total. The van der Waals surface area contributed by atoms with E-state index in [0.717, 1.165) is 5.56 Å². The van der Waals surface area contributed by atoms with E-state index < -0.39 is 18.0 Å². The summed E-state index contributed by atoms with van der Waals surface area (Å²) in [5.74, 6) is -0.396. The van der Waals surface area contributed by atoms with E-state index >= 15 is 0 Å². The number of nitrogens with zero attached hydrogens (tertiary/aromatic N) is 3. The van der Waals surface area contributed by atoms with Crippen molar-refractivity contribution in [3.05, 3.63) is 58.5 Å². The van der Waals surface area contributed by atoms with Crippen molar-refractivity contribution < 1.29 is 14.3 Å². The average Bonchev–Trinajstić information content (AvgIpc) is 2.98.